The van der Waals surface area contributed by atoms with Crippen molar-refractivity contribution < 1.29 is 9.90 Å². The average Bonchev–Trinajstić information content (AvgIpc) is 2.02. The predicted molar refractivity (Wildman–Crippen MR) is 54.0 cm³/mol. The summed E-state index contributed by atoms with van der Waals surface area (Å²) in [5.74, 6) is -0.235. The van der Waals surface area contributed by atoms with Crippen LogP contribution < -0.4 is 0 Å². The molecule has 3 nitrogen and oxygen atoms in total. The lowest BCUT2D eigenvalue weighted by Crippen LogP contribution is -2.35. The molecule has 1 aromatic rings. The molecule has 0 saturated carbocycles. The molecule has 0 saturated heterocycles. The van der Waals surface area contributed by atoms with Gasteiger partial charge in [0.2, 0.25) is 0 Å². The highest BCUT2D eigenvalue weighted by atomic mass is 16.3. The van der Waals surface area contributed by atoms with Crippen molar-refractivity contribution in [1.29, 1.82) is 0 Å². The van der Waals surface area contributed by atoms with E-state index < -0.39 is 5.60 Å². The van der Waals surface area contributed by atoms with Gasteiger partial charge in [-0.05, 0) is 32.9 Å². The van der Waals surface area contributed by atoms with Gasteiger partial charge in [-0.3, -0.25) is 9.78 Å². The molecule has 1 N–H and O–H groups in total. The summed E-state index contributed by atoms with van der Waals surface area (Å²) in [6.07, 6.45) is 0.268. The molecule has 0 bridgehead atoms. The largest absolute Gasteiger partial charge is 0.382 e. The van der Waals surface area contributed by atoms with Gasteiger partial charge in [-0.2, -0.15) is 0 Å². The number of aromatic nitrogens is 1. The fraction of sp³-hybridized carbons (Fsp3) is 0.455. The number of rotatable bonds is 3. The van der Waals surface area contributed by atoms with E-state index >= 15 is 0 Å². The fourth-order valence-corrected chi connectivity index (χ4v) is 1.18. The summed E-state index contributed by atoms with van der Waals surface area (Å²) >= 11 is 0. The van der Waals surface area contributed by atoms with Crippen LogP contribution in [0.25, 0.3) is 0 Å². The van der Waals surface area contributed by atoms with Crippen LogP contribution in [0.4, 0.5) is 0 Å². The highest BCUT2D eigenvalue weighted by molar-refractivity contribution is 5.84. The number of aliphatic hydroxyl groups is 1. The smallest absolute Gasteiger partial charge is 0.161 e. The third kappa shape index (κ3) is 2.64. The predicted octanol–water partition coefficient (Wildman–Crippen LogP) is 1.27. The van der Waals surface area contributed by atoms with Crippen LogP contribution in [0.2, 0.25) is 0 Å². The van der Waals surface area contributed by atoms with Crippen LogP contribution >= 0.6 is 0 Å². The normalized spacial score (nSPS) is 14.9. The Morgan fingerprint density at radius 2 is 2.21 bits per heavy atom. The van der Waals surface area contributed by atoms with E-state index in [2.05, 4.69) is 4.98 Å². The Morgan fingerprint density at radius 3 is 2.71 bits per heavy atom. The molecular weight excluding hydrogens is 178 g/mol. The van der Waals surface area contributed by atoms with E-state index in [-0.39, 0.29) is 12.2 Å². The second-order valence-electron chi connectivity index (χ2n) is 3.78. The Balaban J connectivity index is 2.83. The number of hydrogen-bond donors (Lipinski definition) is 1. The number of aryl methyl sites for hydroxylation is 1. The fourth-order valence-electron chi connectivity index (χ4n) is 1.18. The van der Waals surface area contributed by atoms with Crippen LogP contribution in [-0.4, -0.2) is 21.5 Å². The summed E-state index contributed by atoms with van der Waals surface area (Å²) in [7, 11) is 0. The van der Waals surface area contributed by atoms with Gasteiger partial charge >= 0.3 is 0 Å². The zero-order chi connectivity index (χ0) is 10.8. The molecule has 0 spiro atoms. The highest BCUT2D eigenvalue weighted by Crippen LogP contribution is 2.12. The minimum atomic E-state index is -1.30. The molecule has 1 aromatic heterocycles. The van der Waals surface area contributed by atoms with Crippen molar-refractivity contribution in [1.82, 2.24) is 4.98 Å². The van der Waals surface area contributed by atoms with Crippen molar-refractivity contribution >= 4 is 5.78 Å². The zero-order valence-electron chi connectivity index (χ0n) is 8.74. The Kier molecular flexibility index (Phi) is 3.01. The third-order valence-corrected chi connectivity index (χ3v) is 2.23. The van der Waals surface area contributed by atoms with E-state index in [0.717, 1.165) is 11.4 Å². The van der Waals surface area contributed by atoms with Crippen LogP contribution in [0.1, 0.15) is 25.2 Å². The van der Waals surface area contributed by atoms with E-state index in [9.17, 15) is 9.90 Å². The lowest BCUT2D eigenvalue weighted by Gasteiger charge is -2.19. The van der Waals surface area contributed by atoms with Gasteiger partial charge in [0.25, 0.3) is 0 Å². The molecule has 0 aliphatic heterocycles. The molecule has 1 atom stereocenters. The van der Waals surface area contributed by atoms with Gasteiger partial charge in [0.1, 0.15) is 5.60 Å². The minimum absolute atomic E-state index is 0.235. The lowest BCUT2D eigenvalue weighted by atomic mass is 9.95. The summed E-state index contributed by atoms with van der Waals surface area (Å²) < 4.78 is 0. The van der Waals surface area contributed by atoms with Gasteiger partial charge < -0.3 is 5.11 Å². The first-order chi connectivity index (χ1) is 6.42. The van der Waals surface area contributed by atoms with Crippen molar-refractivity contribution in [3.05, 3.63) is 29.6 Å². The topological polar surface area (TPSA) is 50.2 Å². The van der Waals surface area contributed by atoms with E-state index in [1.54, 1.807) is 0 Å². The number of ketones is 1. The number of hydrogen-bond acceptors (Lipinski definition) is 3. The first-order valence-corrected chi connectivity index (χ1v) is 4.58. The monoisotopic (exact) mass is 193 g/mol. The SMILES string of the molecule is CC(=O)C(C)(O)Cc1cccc(C)n1. The number of nitrogens with zero attached hydrogens (tertiary/aromatic N) is 1. The van der Waals surface area contributed by atoms with Gasteiger partial charge in [-0.15, -0.1) is 0 Å². The number of carbonyl (C=O) groups excluding carboxylic acids is 1. The molecule has 0 aromatic carbocycles. The van der Waals surface area contributed by atoms with Crippen LogP contribution in [0, 0.1) is 6.92 Å². The van der Waals surface area contributed by atoms with Gasteiger partial charge in [-0.25, -0.2) is 0 Å². The van der Waals surface area contributed by atoms with Gasteiger partial charge in [0.15, 0.2) is 5.78 Å². The second-order valence-corrected chi connectivity index (χ2v) is 3.78. The van der Waals surface area contributed by atoms with Crippen LogP contribution in [0.15, 0.2) is 18.2 Å². The van der Waals surface area contributed by atoms with E-state index in [1.807, 2.05) is 25.1 Å². The van der Waals surface area contributed by atoms with Gasteiger partial charge in [0, 0.05) is 17.8 Å². The molecular formula is C11H15NO2. The standard InChI is InChI=1S/C11H15NO2/c1-8-5-4-6-10(12-8)7-11(3,14)9(2)13/h4-6,14H,7H2,1-3H3. The van der Waals surface area contributed by atoms with Crippen molar-refractivity contribution in [2.45, 2.75) is 32.8 Å². The molecule has 0 radical (unpaired) electrons. The van der Waals surface area contributed by atoms with Crippen LogP contribution in [-0.2, 0) is 11.2 Å². The molecule has 14 heavy (non-hydrogen) atoms. The quantitative estimate of drug-likeness (QED) is 0.786. The summed E-state index contributed by atoms with van der Waals surface area (Å²) in [5, 5.41) is 9.75. The molecule has 0 fully saturated rings. The summed E-state index contributed by atoms with van der Waals surface area (Å²) in [5.41, 5.74) is 0.327. The molecule has 0 aliphatic rings. The van der Waals surface area contributed by atoms with Crippen LogP contribution in [0.5, 0.6) is 0 Å². The first kappa shape index (κ1) is 10.9. The van der Waals surface area contributed by atoms with E-state index in [4.69, 9.17) is 0 Å². The van der Waals surface area contributed by atoms with E-state index in [1.165, 1.54) is 13.8 Å². The summed E-state index contributed by atoms with van der Waals surface area (Å²) in [6, 6.07) is 5.56. The van der Waals surface area contributed by atoms with Crippen molar-refractivity contribution in [3.63, 3.8) is 0 Å². The summed E-state index contributed by atoms with van der Waals surface area (Å²) in [4.78, 5) is 15.3. The highest BCUT2D eigenvalue weighted by Gasteiger charge is 2.26. The number of Topliss-reactive ketones (excluding diaryl/α,β-unsaturated/α-hetero) is 1. The maximum Gasteiger partial charge on any atom is 0.161 e. The average molecular weight is 193 g/mol. The van der Waals surface area contributed by atoms with E-state index in [0.29, 0.717) is 0 Å². The van der Waals surface area contributed by atoms with Crippen molar-refractivity contribution in [3.8, 4) is 0 Å². The first-order valence-electron chi connectivity index (χ1n) is 4.58. The molecule has 1 heterocycles. The Hall–Kier alpha value is -1.22. The molecule has 0 amide bonds. The maximum absolute atomic E-state index is 11.1. The summed E-state index contributed by atoms with van der Waals surface area (Å²) in [6.45, 7) is 4.78. The zero-order valence-corrected chi connectivity index (χ0v) is 8.74. The number of carbonyl (C=O) groups is 1. The second kappa shape index (κ2) is 3.88. The molecule has 76 valence electrons. The number of pyridine rings is 1. The Bertz CT molecular complexity index is 345. The van der Waals surface area contributed by atoms with Crippen molar-refractivity contribution in [2.75, 3.05) is 0 Å². The molecule has 3 heteroatoms. The molecule has 1 unspecified atom stereocenters. The lowest BCUT2D eigenvalue weighted by molar-refractivity contribution is -0.133. The van der Waals surface area contributed by atoms with Gasteiger partial charge in [0.05, 0.1) is 0 Å². The molecule has 0 aliphatic carbocycles. The third-order valence-electron chi connectivity index (χ3n) is 2.23. The van der Waals surface area contributed by atoms with Crippen molar-refractivity contribution in [2.24, 2.45) is 0 Å². The van der Waals surface area contributed by atoms with Crippen LogP contribution in [0.3, 0.4) is 0 Å². The minimum Gasteiger partial charge on any atom is -0.382 e. The Labute approximate surface area is 83.8 Å². The van der Waals surface area contributed by atoms with Gasteiger partial charge in [-0.1, -0.05) is 6.07 Å². The Morgan fingerprint density at radius 1 is 1.57 bits per heavy atom. The molecule has 1 rings (SSSR count). The maximum atomic E-state index is 11.1.